The second-order valence-corrected chi connectivity index (χ2v) is 6.88. The maximum Gasteiger partial charge on any atom is 0.234 e. The smallest absolute Gasteiger partial charge is 0.234 e. The third-order valence-electron chi connectivity index (χ3n) is 4.64. The van der Waals surface area contributed by atoms with E-state index in [0.29, 0.717) is 19.1 Å². The standard InChI is InChI=1S/C19H31N3O2/c1-16(2)17(3)20-19(23)15-22-11-9-21(10-12-22)13-14-24-18-7-5-4-6-8-18/h4-8,16-17H,9-15H2,1-3H3,(H,20,23)/t17-/m1/s1. The average molecular weight is 333 g/mol. The summed E-state index contributed by atoms with van der Waals surface area (Å²) in [5.74, 6) is 1.53. The van der Waals surface area contributed by atoms with Crippen LogP contribution in [0.1, 0.15) is 20.8 Å². The van der Waals surface area contributed by atoms with E-state index in [1.165, 1.54) is 0 Å². The molecule has 1 aliphatic rings. The molecule has 1 aromatic carbocycles. The molecule has 0 unspecified atom stereocenters. The van der Waals surface area contributed by atoms with Gasteiger partial charge in [-0.3, -0.25) is 14.6 Å². The predicted octanol–water partition coefficient (Wildman–Crippen LogP) is 1.84. The Kier molecular flexibility index (Phi) is 7.53. The van der Waals surface area contributed by atoms with Gasteiger partial charge in [0, 0.05) is 38.8 Å². The van der Waals surface area contributed by atoms with Gasteiger partial charge in [-0.25, -0.2) is 0 Å². The minimum Gasteiger partial charge on any atom is -0.492 e. The molecule has 134 valence electrons. The minimum atomic E-state index is 0.136. The minimum absolute atomic E-state index is 0.136. The van der Waals surface area contributed by atoms with Crippen molar-refractivity contribution in [2.45, 2.75) is 26.8 Å². The Bertz CT molecular complexity index is 485. The van der Waals surface area contributed by atoms with Crippen LogP contribution < -0.4 is 10.1 Å². The topological polar surface area (TPSA) is 44.8 Å². The SMILES string of the molecule is CC(C)[C@@H](C)NC(=O)CN1CCN(CCOc2ccccc2)CC1. The van der Waals surface area contributed by atoms with Crippen LogP contribution in [0.3, 0.4) is 0 Å². The van der Waals surface area contributed by atoms with Crippen LogP contribution >= 0.6 is 0 Å². The molecular formula is C19H31N3O2. The number of rotatable bonds is 8. The first-order valence-electron chi connectivity index (χ1n) is 8.96. The van der Waals surface area contributed by atoms with Crippen molar-refractivity contribution in [3.63, 3.8) is 0 Å². The second kappa shape index (κ2) is 9.64. The molecule has 0 aromatic heterocycles. The normalized spacial score (nSPS) is 17.7. The van der Waals surface area contributed by atoms with Crippen LogP contribution in [0.25, 0.3) is 0 Å². The monoisotopic (exact) mass is 333 g/mol. The van der Waals surface area contributed by atoms with Gasteiger partial charge in [-0.2, -0.15) is 0 Å². The lowest BCUT2D eigenvalue weighted by atomic mass is 10.1. The van der Waals surface area contributed by atoms with Gasteiger partial charge in [-0.1, -0.05) is 32.0 Å². The molecule has 0 spiro atoms. The molecule has 1 aliphatic heterocycles. The van der Waals surface area contributed by atoms with Crippen molar-refractivity contribution < 1.29 is 9.53 Å². The van der Waals surface area contributed by atoms with Crippen LogP contribution in [0, 0.1) is 5.92 Å². The molecule has 1 saturated heterocycles. The molecule has 5 nitrogen and oxygen atoms in total. The Morgan fingerprint density at radius 2 is 1.71 bits per heavy atom. The first-order valence-corrected chi connectivity index (χ1v) is 8.96. The van der Waals surface area contributed by atoms with E-state index >= 15 is 0 Å². The van der Waals surface area contributed by atoms with Gasteiger partial charge in [0.15, 0.2) is 0 Å². The van der Waals surface area contributed by atoms with Gasteiger partial charge in [-0.15, -0.1) is 0 Å². The highest BCUT2D eigenvalue weighted by Crippen LogP contribution is 2.08. The number of ether oxygens (including phenoxy) is 1. The summed E-state index contributed by atoms with van der Waals surface area (Å²) in [5.41, 5.74) is 0. The molecule has 0 radical (unpaired) electrons. The van der Waals surface area contributed by atoms with Crippen LogP contribution in [0.2, 0.25) is 0 Å². The van der Waals surface area contributed by atoms with E-state index in [2.05, 4.69) is 35.9 Å². The summed E-state index contributed by atoms with van der Waals surface area (Å²) in [6.45, 7) is 12.3. The lowest BCUT2D eigenvalue weighted by Crippen LogP contribution is -2.51. The fraction of sp³-hybridized carbons (Fsp3) is 0.632. The zero-order chi connectivity index (χ0) is 17.4. The molecule has 1 N–H and O–H groups in total. The van der Waals surface area contributed by atoms with Gasteiger partial charge in [-0.05, 0) is 25.0 Å². The zero-order valence-corrected chi connectivity index (χ0v) is 15.2. The van der Waals surface area contributed by atoms with Crippen molar-refractivity contribution in [1.82, 2.24) is 15.1 Å². The number of piperazine rings is 1. The number of nitrogens with one attached hydrogen (secondary N) is 1. The highest BCUT2D eigenvalue weighted by Gasteiger charge is 2.19. The van der Waals surface area contributed by atoms with Crippen molar-refractivity contribution in [1.29, 1.82) is 0 Å². The van der Waals surface area contributed by atoms with Gasteiger partial charge in [0.1, 0.15) is 12.4 Å². The molecule has 1 heterocycles. The maximum absolute atomic E-state index is 12.1. The zero-order valence-electron chi connectivity index (χ0n) is 15.2. The molecule has 1 atom stereocenters. The Hall–Kier alpha value is -1.59. The molecule has 0 bridgehead atoms. The van der Waals surface area contributed by atoms with Gasteiger partial charge >= 0.3 is 0 Å². The molecule has 24 heavy (non-hydrogen) atoms. The van der Waals surface area contributed by atoms with Gasteiger partial charge in [0.25, 0.3) is 0 Å². The van der Waals surface area contributed by atoms with Crippen molar-refractivity contribution in [2.75, 3.05) is 45.9 Å². The number of carbonyl (C=O) groups is 1. The van der Waals surface area contributed by atoms with E-state index in [9.17, 15) is 4.79 Å². The van der Waals surface area contributed by atoms with Crippen LogP contribution in [-0.2, 0) is 4.79 Å². The summed E-state index contributed by atoms with van der Waals surface area (Å²) in [6.07, 6.45) is 0. The third kappa shape index (κ3) is 6.49. The Morgan fingerprint density at radius 3 is 2.33 bits per heavy atom. The fourth-order valence-electron chi connectivity index (χ4n) is 2.65. The van der Waals surface area contributed by atoms with E-state index in [1.54, 1.807) is 0 Å². The Balaban J connectivity index is 1.60. The van der Waals surface area contributed by atoms with Crippen LogP contribution in [-0.4, -0.2) is 67.6 Å². The molecule has 1 aromatic rings. The van der Waals surface area contributed by atoms with Crippen molar-refractivity contribution in [3.8, 4) is 5.75 Å². The molecule has 1 amide bonds. The van der Waals surface area contributed by atoms with Crippen LogP contribution in [0.4, 0.5) is 0 Å². The van der Waals surface area contributed by atoms with Gasteiger partial charge in [0.05, 0.1) is 6.54 Å². The lowest BCUT2D eigenvalue weighted by molar-refractivity contribution is -0.123. The summed E-state index contributed by atoms with van der Waals surface area (Å²) in [5, 5.41) is 3.08. The Labute approximate surface area is 146 Å². The summed E-state index contributed by atoms with van der Waals surface area (Å²) in [7, 11) is 0. The first-order chi connectivity index (χ1) is 11.5. The van der Waals surface area contributed by atoms with Crippen molar-refractivity contribution >= 4 is 5.91 Å². The van der Waals surface area contributed by atoms with E-state index in [4.69, 9.17) is 4.74 Å². The van der Waals surface area contributed by atoms with Gasteiger partial charge in [0.2, 0.25) is 5.91 Å². The maximum atomic E-state index is 12.1. The Morgan fingerprint density at radius 1 is 1.08 bits per heavy atom. The summed E-state index contributed by atoms with van der Waals surface area (Å²) < 4.78 is 5.75. The summed E-state index contributed by atoms with van der Waals surface area (Å²) in [6, 6.07) is 10.2. The highest BCUT2D eigenvalue weighted by molar-refractivity contribution is 5.78. The number of para-hydroxylation sites is 1. The molecular weight excluding hydrogens is 302 g/mol. The van der Waals surface area contributed by atoms with E-state index in [0.717, 1.165) is 38.5 Å². The fourth-order valence-corrected chi connectivity index (χ4v) is 2.65. The van der Waals surface area contributed by atoms with Gasteiger partial charge < -0.3 is 10.1 Å². The number of hydrogen-bond donors (Lipinski definition) is 1. The first kappa shape index (κ1) is 18.7. The summed E-state index contributed by atoms with van der Waals surface area (Å²) in [4.78, 5) is 16.7. The van der Waals surface area contributed by atoms with Crippen LogP contribution in [0.5, 0.6) is 5.75 Å². The summed E-state index contributed by atoms with van der Waals surface area (Å²) >= 11 is 0. The molecule has 0 saturated carbocycles. The quantitative estimate of drug-likeness (QED) is 0.788. The number of amides is 1. The number of benzene rings is 1. The molecule has 0 aliphatic carbocycles. The number of hydrogen-bond acceptors (Lipinski definition) is 4. The van der Waals surface area contributed by atoms with Crippen LogP contribution in [0.15, 0.2) is 30.3 Å². The molecule has 2 rings (SSSR count). The number of nitrogens with zero attached hydrogens (tertiary/aromatic N) is 2. The van der Waals surface area contributed by atoms with E-state index < -0.39 is 0 Å². The number of carbonyl (C=O) groups excluding carboxylic acids is 1. The lowest BCUT2D eigenvalue weighted by Gasteiger charge is -2.34. The third-order valence-corrected chi connectivity index (χ3v) is 4.64. The van der Waals surface area contributed by atoms with Crippen molar-refractivity contribution in [2.24, 2.45) is 5.92 Å². The largest absolute Gasteiger partial charge is 0.492 e. The van der Waals surface area contributed by atoms with E-state index in [-0.39, 0.29) is 11.9 Å². The van der Waals surface area contributed by atoms with E-state index in [1.807, 2.05) is 30.3 Å². The predicted molar refractivity (Wildman–Crippen MR) is 97.3 cm³/mol. The molecule has 5 heteroatoms. The average Bonchev–Trinajstić information content (AvgIpc) is 2.57. The molecule has 1 fully saturated rings. The second-order valence-electron chi connectivity index (χ2n) is 6.88. The highest BCUT2D eigenvalue weighted by atomic mass is 16.5. The van der Waals surface area contributed by atoms with Crippen molar-refractivity contribution in [3.05, 3.63) is 30.3 Å².